The van der Waals surface area contributed by atoms with E-state index < -0.39 is 0 Å². The molecule has 0 fully saturated rings. The second-order valence-corrected chi connectivity index (χ2v) is 4.29. The first-order valence-corrected chi connectivity index (χ1v) is 7.39. The molecule has 0 aliphatic rings. The van der Waals surface area contributed by atoms with Gasteiger partial charge in [0, 0.05) is 13.1 Å². The van der Waals surface area contributed by atoms with Gasteiger partial charge in [-0.3, -0.25) is 0 Å². The molecule has 0 aromatic carbocycles. The Morgan fingerprint density at radius 1 is 0.545 bits per heavy atom. The Balaban J connectivity index is -0.000000241. The van der Waals surface area contributed by atoms with Crippen molar-refractivity contribution in [2.75, 3.05) is 52.4 Å². The van der Waals surface area contributed by atoms with Crippen LogP contribution in [0.4, 0.5) is 0 Å². The molecule has 0 atom stereocenters. The summed E-state index contributed by atoms with van der Waals surface area (Å²) >= 11 is 0. The normalized spacial score (nSPS) is 9.36. The van der Waals surface area contributed by atoms with E-state index in [1.165, 1.54) is 12.8 Å². The molecule has 0 amide bonds. The van der Waals surface area contributed by atoms with E-state index >= 15 is 0 Å². The molecular formula is C14H36Cl4N4. The molecule has 22 heavy (non-hydrogen) atoms. The Bertz CT molecular complexity index is 168. The Hall–Kier alpha value is 0.740. The van der Waals surface area contributed by atoms with Gasteiger partial charge in [-0.15, -0.1) is 49.6 Å². The van der Waals surface area contributed by atoms with Crippen molar-refractivity contribution in [2.24, 2.45) is 0 Å². The van der Waals surface area contributed by atoms with E-state index in [9.17, 15) is 0 Å². The molecular weight excluding hydrogens is 366 g/mol. The van der Waals surface area contributed by atoms with E-state index in [0.717, 1.165) is 52.4 Å². The van der Waals surface area contributed by atoms with E-state index in [0.29, 0.717) is 0 Å². The van der Waals surface area contributed by atoms with Gasteiger partial charge in [0.15, 0.2) is 0 Å². The van der Waals surface area contributed by atoms with Crippen LogP contribution in [0.3, 0.4) is 0 Å². The molecule has 0 radical (unpaired) electrons. The summed E-state index contributed by atoms with van der Waals surface area (Å²) in [5, 5.41) is 13.4. The predicted molar refractivity (Wildman–Crippen MR) is 110 cm³/mol. The smallest absolute Gasteiger partial charge is 0.0135 e. The Morgan fingerprint density at radius 3 is 1.18 bits per heavy atom. The fourth-order valence-corrected chi connectivity index (χ4v) is 1.57. The van der Waals surface area contributed by atoms with Crippen LogP contribution in [0.1, 0.15) is 26.7 Å². The lowest BCUT2D eigenvalue weighted by atomic mass is 10.4. The molecule has 8 heteroatoms. The second kappa shape index (κ2) is 33.4. The van der Waals surface area contributed by atoms with Crippen molar-refractivity contribution in [1.29, 1.82) is 0 Å². The minimum atomic E-state index is 0. The molecule has 4 nitrogen and oxygen atoms in total. The van der Waals surface area contributed by atoms with E-state index in [1.807, 2.05) is 0 Å². The number of hydrogen-bond donors (Lipinski definition) is 4. The van der Waals surface area contributed by atoms with Gasteiger partial charge in [-0.05, 0) is 52.1 Å². The van der Waals surface area contributed by atoms with Crippen molar-refractivity contribution < 1.29 is 0 Å². The molecule has 0 aromatic heterocycles. The first-order valence-electron chi connectivity index (χ1n) is 7.39. The van der Waals surface area contributed by atoms with Gasteiger partial charge in [0.1, 0.15) is 0 Å². The van der Waals surface area contributed by atoms with Crippen LogP contribution < -0.4 is 21.3 Å². The van der Waals surface area contributed by atoms with E-state index in [4.69, 9.17) is 0 Å². The quantitative estimate of drug-likeness (QED) is 0.266. The van der Waals surface area contributed by atoms with Crippen molar-refractivity contribution in [1.82, 2.24) is 21.3 Å². The van der Waals surface area contributed by atoms with Crippen LogP contribution in [0, 0.1) is 0 Å². The molecule has 0 rings (SSSR count). The van der Waals surface area contributed by atoms with Crippen LogP contribution in [-0.4, -0.2) is 52.4 Å². The Morgan fingerprint density at radius 2 is 0.864 bits per heavy atom. The van der Waals surface area contributed by atoms with Crippen LogP contribution in [0.15, 0.2) is 12.2 Å². The topological polar surface area (TPSA) is 48.1 Å². The maximum absolute atomic E-state index is 3.40. The van der Waals surface area contributed by atoms with Gasteiger partial charge in [0.05, 0.1) is 0 Å². The second-order valence-electron chi connectivity index (χ2n) is 4.29. The highest BCUT2D eigenvalue weighted by Gasteiger charge is 1.86. The highest BCUT2D eigenvalue weighted by molar-refractivity contribution is 5.86. The summed E-state index contributed by atoms with van der Waals surface area (Å²) in [6.07, 6.45) is 6.80. The number of hydrogen-bond acceptors (Lipinski definition) is 4. The van der Waals surface area contributed by atoms with Gasteiger partial charge in [-0.1, -0.05) is 26.0 Å². The van der Waals surface area contributed by atoms with Gasteiger partial charge in [-0.25, -0.2) is 0 Å². The summed E-state index contributed by atoms with van der Waals surface area (Å²) in [4.78, 5) is 0. The van der Waals surface area contributed by atoms with Crippen molar-refractivity contribution >= 4 is 49.6 Å². The van der Waals surface area contributed by atoms with Crippen LogP contribution >= 0.6 is 49.6 Å². The van der Waals surface area contributed by atoms with Gasteiger partial charge in [0.2, 0.25) is 0 Å². The minimum absolute atomic E-state index is 0. The summed E-state index contributed by atoms with van der Waals surface area (Å²) in [5.41, 5.74) is 0. The zero-order chi connectivity index (χ0) is 13.3. The summed E-state index contributed by atoms with van der Waals surface area (Å²) in [6.45, 7) is 12.8. The molecule has 140 valence electrons. The average Bonchev–Trinajstić information content (AvgIpc) is 2.39. The lowest BCUT2D eigenvalue weighted by Gasteiger charge is -2.03. The summed E-state index contributed by atoms with van der Waals surface area (Å²) in [7, 11) is 0. The first kappa shape index (κ1) is 34.2. The highest BCUT2D eigenvalue weighted by atomic mass is 35.5. The Kier molecular flexibility index (Phi) is 51.8. The minimum Gasteiger partial charge on any atom is -0.317 e. The summed E-state index contributed by atoms with van der Waals surface area (Å²) in [5.74, 6) is 0. The van der Waals surface area contributed by atoms with E-state index in [1.54, 1.807) is 0 Å². The van der Waals surface area contributed by atoms with Crippen molar-refractivity contribution in [2.45, 2.75) is 26.7 Å². The third-order valence-electron chi connectivity index (χ3n) is 2.61. The zero-order valence-electron chi connectivity index (χ0n) is 13.9. The lowest BCUT2D eigenvalue weighted by molar-refractivity contribution is 0.624. The van der Waals surface area contributed by atoms with Crippen LogP contribution in [0.5, 0.6) is 0 Å². The number of nitrogens with one attached hydrogen (secondary N) is 4. The standard InChI is InChI=1S/C14H32N4.4ClH/c1-3-15-11-7-13-17-9-5-6-10-18-14-8-12-16-4-2;;;;/h5-6,15-18H,3-4,7-14H2,1-2H3;4*1H/b6-5+;;;;. The lowest BCUT2D eigenvalue weighted by Crippen LogP contribution is -2.22. The molecule has 0 aliphatic carbocycles. The van der Waals surface area contributed by atoms with Crippen molar-refractivity contribution in [3.05, 3.63) is 12.2 Å². The molecule has 0 aromatic rings. The molecule has 0 unspecified atom stereocenters. The first-order chi connectivity index (χ1) is 8.91. The molecule has 0 aliphatic heterocycles. The van der Waals surface area contributed by atoms with Gasteiger partial charge in [0.25, 0.3) is 0 Å². The highest BCUT2D eigenvalue weighted by Crippen LogP contribution is 1.76. The zero-order valence-corrected chi connectivity index (χ0v) is 17.1. The molecule has 4 N–H and O–H groups in total. The maximum Gasteiger partial charge on any atom is 0.0135 e. The molecule has 0 saturated heterocycles. The third-order valence-corrected chi connectivity index (χ3v) is 2.61. The monoisotopic (exact) mass is 400 g/mol. The maximum atomic E-state index is 3.40. The average molecular weight is 402 g/mol. The van der Waals surface area contributed by atoms with Crippen molar-refractivity contribution in [3.63, 3.8) is 0 Å². The number of rotatable bonds is 14. The van der Waals surface area contributed by atoms with Crippen molar-refractivity contribution in [3.8, 4) is 0 Å². The fourth-order valence-electron chi connectivity index (χ4n) is 1.57. The molecule has 0 saturated carbocycles. The summed E-state index contributed by atoms with van der Waals surface area (Å²) < 4.78 is 0. The third kappa shape index (κ3) is 32.6. The van der Waals surface area contributed by atoms with Gasteiger partial charge in [-0.2, -0.15) is 0 Å². The van der Waals surface area contributed by atoms with Crippen LogP contribution in [-0.2, 0) is 0 Å². The SMILES string of the molecule is CCNCCCNC/C=C/CNCCCNCC.Cl.Cl.Cl.Cl. The van der Waals surface area contributed by atoms with Crippen LogP contribution in [0.25, 0.3) is 0 Å². The molecule has 0 bridgehead atoms. The summed E-state index contributed by atoms with van der Waals surface area (Å²) in [6, 6.07) is 0. The fraction of sp³-hybridized carbons (Fsp3) is 0.857. The predicted octanol–water partition coefficient (Wildman–Crippen LogP) is 2.41. The Labute approximate surface area is 162 Å². The van der Waals surface area contributed by atoms with E-state index in [-0.39, 0.29) is 49.6 Å². The van der Waals surface area contributed by atoms with Crippen LogP contribution in [0.2, 0.25) is 0 Å². The van der Waals surface area contributed by atoms with Gasteiger partial charge >= 0.3 is 0 Å². The van der Waals surface area contributed by atoms with Gasteiger partial charge < -0.3 is 21.3 Å². The number of halogens is 4. The molecule has 0 spiro atoms. The largest absolute Gasteiger partial charge is 0.317 e. The van der Waals surface area contributed by atoms with E-state index in [2.05, 4.69) is 47.3 Å². The molecule has 0 heterocycles.